The van der Waals surface area contributed by atoms with Crippen LogP contribution in [0.15, 0.2) is 46.6 Å². The third-order valence-electron chi connectivity index (χ3n) is 2.70. The summed E-state index contributed by atoms with van der Waals surface area (Å²) in [5, 5.41) is 44.0. The molecule has 0 aliphatic rings. The second kappa shape index (κ2) is 9.77. The number of carboxylic acid groups (broad SMARTS) is 2. The van der Waals surface area contributed by atoms with Gasteiger partial charge < -0.3 is 20.4 Å². The Labute approximate surface area is 180 Å². The second-order valence-corrected chi connectivity index (χ2v) is 4.21. The third-order valence-corrected chi connectivity index (χ3v) is 2.70. The van der Waals surface area contributed by atoms with Crippen LogP contribution in [0.1, 0.15) is 20.7 Å². The molecule has 0 heterocycles. The third kappa shape index (κ3) is 5.59. The molecule has 0 amide bonds. The van der Waals surface area contributed by atoms with E-state index in [1.54, 1.807) is 0 Å². The van der Waals surface area contributed by atoms with Crippen molar-refractivity contribution in [3.05, 3.63) is 47.5 Å². The fourth-order valence-electron chi connectivity index (χ4n) is 1.63. The van der Waals surface area contributed by atoms with Crippen LogP contribution in [0.2, 0.25) is 0 Å². The number of azo groups is 1. The average Bonchev–Trinajstić information content (AvgIpc) is 2.47. The summed E-state index contributed by atoms with van der Waals surface area (Å²) in [5.74, 6) is -3.42. The van der Waals surface area contributed by atoms with Crippen molar-refractivity contribution >= 4 is 82.4 Å². The zero-order valence-corrected chi connectivity index (χ0v) is 11.0. The van der Waals surface area contributed by atoms with Crippen molar-refractivity contribution in [2.24, 2.45) is 10.2 Å². The minimum atomic E-state index is -1.31. The van der Waals surface area contributed by atoms with E-state index in [-0.39, 0.29) is 81.6 Å². The van der Waals surface area contributed by atoms with Gasteiger partial charge in [0.15, 0.2) is 0 Å². The first-order valence-corrected chi connectivity index (χ1v) is 5.93. The summed E-state index contributed by atoms with van der Waals surface area (Å²) in [6, 6.07) is 7.28. The number of hydrogen-bond donors (Lipinski definition) is 4. The number of carboxylic acids is 2. The van der Waals surface area contributed by atoms with E-state index < -0.39 is 23.4 Å². The van der Waals surface area contributed by atoms with Gasteiger partial charge in [-0.25, -0.2) is 9.59 Å². The molecule has 0 unspecified atom stereocenters. The number of aromatic hydroxyl groups is 2. The van der Waals surface area contributed by atoms with Gasteiger partial charge in [-0.1, -0.05) is 0 Å². The first-order chi connectivity index (χ1) is 10.4. The van der Waals surface area contributed by atoms with Crippen LogP contribution in [0.4, 0.5) is 11.4 Å². The predicted molar refractivity (Wildman–Crippen MR) is 88.6 cm³/mol. The van der Waals surface area contributed by atoms with Crippen LogP contribution >= 0.6 is 0 Å². The topological polar surface area (TPSA) is 140 Å². The van der Waals surface area contributed by atoms with Crippen molar-refractivity contribution < 1.29 is 30.0 Å². The van der Waals surface area contributed by atoms with Gasteiger partial charge in [0.05, 0.1) is 11.4 Å². The molecule has 0 bridgehead atoms. The Morgan fingerprint density at radius 1 is 0.708 bits per heavy atom. The molecular weight excluding hydrogens is 338 g/mol. The van der Waals surface area contributed by atoms with E-state index in [9.17, 15) is 19.8 Å². The molecule has 116 valence electrons. The van der Waals surface area contributed by atoms with Gasteiger partial charge in [0, 0.05) is 0 Å². The molecule has 2 rings (SSSR count). The van der Waals surface area contributed by atoms with Crippen molar-refractivity contribution in [2.75, 3.05) is 0 Å². The van der Waals surface area contributed by atoms with Gasteiger partial charge >= 0.3 is 71.1 Å². The Kier molecular flexibility index (Phi) is 9.20. The molecule has 0 fully saturated rings. The number of aromatic carboxylic acids is 2. The molecule has 24 heavy (non-hydrogen) atoms. The van der Waals surface area contributed by atoms with Crippen molar-refractivity contribution in [2.45, 2.75) is 0 Å². The summed E-state index contributed by atoms with van der Waals surface area (Å²) < 4.78 is 0. The van der Waals surface area contributed by atoms with E-state index >= 15 is 0 Å². The van der Waals surface area contributed by atoms with Crippen LogP contribution < -0.4 is 0 Å². The molecule has 0 radical (unpaired) electrons. The first-order valence-electron chi connectivity index (χ1n) is 5.93. The van der Waals surface area contributed by atoms with E-state index in [4.69, 9.17) is 10.2 Å². The SMILES string of the molecule is O=C(O)c1cc(N=Nc2ccc(O)c(C(=O)O)c2)ccc1O.[NaH].[NaH]. The predicted octanol–water partition coefficient (Wildman–Crippen LogP) is 1.61. The molecule has 2 aromatic carbocycles. The van der Waals surface area contributed by atoms with Gasteiger partial charge in [0.2, 0.25) is 0 Å². The van der Waals surface area contributed by atoms with Crippen molar-refractivity contribution in [1.29, 1.82) is 0 Å². The van der Waals surface area contributed by atoms with Gasteiger partial charge in [-0.15, -0.1) is 0 Å². The Morgan fingerprint density at radius 3 is 1.33 bits per heavy atom. The summed E-state index contributed by atoms with van der Waals surface area (Å²) >= 11 is 0. The standard InChI is InChI=1S/C14H10N2O6.2Na.2H/c17-11-3-1-7(5-9(11)13(19)20)15-16-8-2-4-12(18)10(6-8)14(21)22;;;;/h1-6,17-18H,(H,19,20)(H,21,22);;;;. The van der Waals surface area contributed by atoms with Crippen molar-refractivity contribution in [3.63, 3.8) is 0 Å². The van der Waals surface area contributed by atoms with E-state index in [0.717, 1.165) is 24.3 Å². The Hall–Kier alpha value is -1.42. The van der Waals surface area contributed by atoms with E-state index in [0.29, 0.717) is 0 Å². The van der Waals surface area contributed by atoms with Crippen LogP contribution in [-0.2, 0) is 0 Å². The second-order valence-electron chi connectivity index (χ2n) is 4.21. The quantitative estimate of drug-likeness (QED) is 0.488. The molecule has 8 nitrogen and oxygen atoms in total. The van der Waals surface area contributed by atoms with E-state index in [2.05, 4.69) is 10.2 Å². The van der Waals surface area contributed by atoms with Gasteiger partial charge in [-0.3, -0.25) is 0 Å². The van der Waals surface area contributed by atoms with Crippen LogP contribution in [0.3, 0.4) is 0 Å². The van der Waals surface area contributed by atoms with Gasteiger partial charge in [0.1, 0.15) is 22.6 Å². The van der Waals surface area contributed by atoms with Crippen LogP contribution in [-0.4, -0.2) is 91.5 Å². The first kappa shape index (κ1) is 22.6. The Bertz CT molecular complexity index is 729. The molecule has 4 N–H and O–H groups in total. The number of carbonyl (C=O) groups is 2. The van der Waals surface area contributed by atoms with Gasteiger partial charge in [0.25, 0.3) is 0 Å². The number of benzene rings is 2. The molecule has 0 atom stereocenters. The fraction of sp³-hybridized carbons (Fsp3) is 0. The molecule has 0 aromatic heterocycles. The average molecular weight is 350 g/mol. The normalized spacial score (nSPS) is 9.83. The zero-order valence-electron chi connectivity index (χ0n) is 11.0. The molecule has 0 spiro atoms. The molecule has 0 saturated heterocycles. The summed E-state index contributed by atoms with van der Waals surface area (Å²) in [4.78, 5) is 21.8. The van der Waals surface area contributed by atoms with Crippen LogP contribution in [0, 0.1) is 0 Å². The molecular formula is C14H12N2Na2O6. The number of rotatable bonds is 4. The molecule has 0 aliphatic heterocycles. The maximum absolute atomic E-state index is 10.9. The summed E-state index contributed by atoms with van der Waals surface area (Å²) in [6.07, 6.45) is 0. The monoisotopic (exact) mass is 350 g/mol. The number of nitrogens with zero attached hydrogens (tertiary/aromatic N) is 2. The van der Waals surface area contributed by atoms with Gasteiger partial charge in [-0.05, 0) is 36.4 Å². The van der Waals surface area contributed by atoms with Gasteiger partial charge in [-0.2, -0.15) is 10.2 Å². The number of phenols is 2. The summed E-state index contributed by atoms with van der Waals surface area (Å²) in [5.41, 5.74) is -0.318. The fourth-order valence-corrected chi connectivity index (χ4v) is 1.63. The van der Waals surface area contributed by atoms with E-state index in [1.165, 1.54) is 12.1 Å². The Morgan fingerprint density at radius 2 is 1.04 bits per heavy atom. The molecule has 10 heteroatoms. The van der Waals surface area contributed by atoms with Crippen LogP contribution in [0.5, 0.6) is 11.5 Å². The molecule has 2 aromatic rings. The van der Waals surface area contributed by atoms with Crippen molar-refractivity contribution in [1.82, 2.24) is 0 Å². The Balaban J connectivity index is 0.00000264. The van der Waals surface area contributed by atoms with E-state index in [1.807, 2.05) is 0 Å². The van der Waals surface area contributed by atoms with Crippen LogP contribution in [0.25, 0.3) is 0 Å². The zero-order chi connectivity index (χ0) is 16.3. The minimum absolute atomic E-state index is 0. The molecule has 0 aliphatic carbocycles. The summed E-state index contributed by atoms with van der Waals surface area (Å²) in [7, 11) is 0. The van der Waals surface area contributed by atoms with Crippen molar-refractivity contribution in [3.8, 4) is 11.5 Å². The summed E-state index contributed by atoms with van der Waals surface area (Å²) in [6.45, 7) is 0. The number of hydrogen-bond acceptors (Lipinski definition) is 6. The maximum atomic E-state index is 10.9. The molecule has 0 saturated carbocycles.